The lowest BCUT2D eigenvalue weighted by atomic mass is 10.2. The average Bonchev–Trinajstić information content (AvgIpc) is 3.21. The Morgan fingerprint density at radius 2 is 2.13 bits per heavy atom. The number of carbonyl (C=O) groups is 2. The van der Waals surface area contributed by atoms with Crippen LogP contribution in [0.3, 0.4) is 0 Å². The number of likely N-dealkylation sites (N-methyl/N-ethyl adjacent to an activating group) is 1. The van der Waals surface area contributed by atoms with Crippen molar-refractivity contribution < 1.29 is 14.3 Å². The van der Waals surface area contributed by atoms with Gasteiger partial charge in [0.2, 0.25) is 0 Å². The van der Waals surface area contributed by atoms with Gasteiger partial charge in [0.25, 0.3) is 11.8 Å². The van der Waals surface area contributed by atoms with Crippen molar-refractivity contribution in [1.82, 2.24) is 10.3 Å². The van der Waals surface area contributed by atoms with E-state index in [1.165, 1.54) is 11.2 Å². The first-order valence-corrected chi connectivity index (χ1v) is 9.71. The van der Waals surface area contributed by atoms with Crippen molar-refractivity contribution in [3.63, 3.8) is 0 Å². The van der Waals surface area contributed by atoms with Gasteiger partial charge in [0.15, 0.2) is 5.84 Å². The number of nitrogens with two attached hydrogens (primary N) is 1. The molecule has 1 atom stereocenters. The second-order valence-electron chi connectivity index (χ2n) is 7.08. The van der Waals surface area contributed by atoms with E-state index in [-0.39, 0.29) is 18.3 Å². The molecule has 0 spiro atoms. The number of aromatic nitrogens is 1. The standard InChI is InChI=1S/C22H22N6O3/c1-28-18-9-15-7-8-25-16(15)10-19(18)31-12-17(22(28)30)27-21(29)20(23)26-13-24-11-14-5-3-2-4-6-14/h2-10,13,17,25H,11-12H2,1H3,(H,27,29)(H2,23,24,26). The first kappa shape index (κ1) is 20.1. The predicted octanol–water partition coefficient (Wildman–Crippen LogP) is 1.59. The largest absolute Gasteiger partial charge is 0.489 e. The molecule has 0 radical (unpaired) electrons. The van der Waals surface area contributed by atoms with Crippen LogP contribution in [-0.4, -0.2) is 48.7 Å². The van der Waals surface area contributed by atoms with Crippen LogP contribution in [-0.2, 0) is 16.1 Å². The summed E-state index contributed by atoms with van der Waals surface area (Å²) in [6.07, 6.45) is 3.05. The van der Waals surface area contributed by atoms with Crippen LogP contribution in [0.1, 0.15) is 5.56 Å². The fourth-order valence-corrected chi connectivity index (χ4v) is 3.27. The van der Waals surface area contributed by atoms with Crippen molar-refractivity contribution in [1.29, 1.82) is 0 Å². The molecule has 1 aliphatic heterocycles. The van der Waals surface area contributed by atoms with Crippen LogP contribution >= 0.6 is 0 Å². The normalized spacial score (nSPS) is 16.8. The number of aromatic amines is 1. The third kappa shape index (κ3) is 4.40. The minimum absolute atomic E-state index is 0.0243. The Morgan fingerprint density at radius 1 is 1.32 bits per heavy atom. The number of amides is 2. The Hall–Kier alpha value is -4.14. The Morgan fingerprint density at radius 3 is 2.94 bits per heavy atom. The highest BCUT2D eigenvalue weighted by Gasteiger charge is 2.31. The van der Waals surface area contributed by atoms with Crippen molar-refractivity contribution in [2.45, 2.75) is 12.6 Å². The number of aliphatic imine (C=N–C) groups is 2. The molecule has 158 valence electrons. The van der Waals surface area contributed by atoms with Crippen LogP contribution in [0.15, 0.2) is 64.7 Å². The van der Waals surface area contributed by atoms with Crippen molar-refractivity contribution >= 4 is 40.6 Å². The zero-order valence-electron chi connectivity index (χ0n) is 16.9. The van der Waals surface area contributed by atoms with E-state index >= 15 is 0 Å². The Balaban J connectivity index is 1.41. The third-order valence-electron chi connectivity index (χ3n) is 4.96. The van der Waals surface area contributed by atoms with E-state index in [2.05, 4.69) is 20.3 Å². The highest BCUT2D eigenvalue weighted by atomic mass is 16.5. The average molecular weight is 418 g/mol. The first-order valence-electron chi connectivity index (χ1n) is 9.71. The van der Waals surface area contributed by atoms with Gasteiger partial charge in [-0.25, -0.2) is 4.99 Å². The van der Waals surface area contributed by atoms with E-state index in [0.717, 1.165) is 16.5 Å². The molecule has 0 saturated carbocycles. The molecule has 2 amide bonds. The molecule has 1 unspecified atom stereocenters. The minimum Gasteiger partial charge on any atom is -0.489 e. The SMILES string of the molecule is CN1C(=O)C(NC(=O)C(N)=NC=NCc2ccccc2)COc2cc3[nH]ccc3cc21. The molecule has 2 aromatic carbocycles. The van der Waals surface area contributed by atoms with Crippen LogP contribution in [0.5, 0.6) is 5.75 Å². The Kier molecular flexibility index (Phi) is 5.65. The summed E-state index contributed by atoms with van der Waals surface area (Å²) in [6.45, 7) is 0.398. The summed E-state index contributed by atoms with van der Waals surface area (Å²) in [6, 6.07) is 14.3. The molecule has 1 aliphatic rings. The molecule has 9 nitrogen and oxygen atoms in total. The summed E-state index contributed by atoms with van der Waals surface area (Å²) in [5.74, 6) is -0.716. The van der Waals surface area contributed by atoms with Crippen LogP contribution < -0.4 is 20.7 Å². The van der Waals surface area contributed by atoms with Crippen molar-refractivity contribution in [2.24, 2.45) is 15.7 Å². The summed E-state index contributed by atoms with van der Waals surface area (Å²) < 4.78 is 5.80. The van der Waals surface area contributed by atoms with Crippen LogP contribution in [0.4, 0.5) is 5.69 Å². The molecule has 31 heavy (non-hydrogen) atoms. The molecule has 1 aromatic heterocycles. The number of fused-ring (bicyclic) bond motifs is 2. The zero-order valence-corrected chi connectivity index (χ0v) is 16.9. The highest BCUT2D eigenvalue weighted by Crippen LogP contribution is 2.34. The number of H-pyrrole nitrogens is 1. The Bertz CT molecular complexity index is 1170. The topological polar surface area (TPSA) is 125 Å². The number of rotatable bonds is 4. The number of anilines is 1. The van der Waals surface area contributed by atoms with E-state index < -0.39 is 11.9 Å². The molecule has 3 aromatic rings. The number of hydrogen-bond donors (Lipinski definition) is 3. The number of ether oxygens (including phenoxy) is 1. The van der Waals surface area contributed by atoms with Gasteiger partial charge in [-0.05, 0) is 17.7 Å². The van der Waals surface area contributed by atoms with E-state index in [1.807, 2.05) is 54.7 Å². The van der Waals surface area contributed by atoms with Gasteiger partial charge >= 0.3 is 0 Å². The molecular formula is C22H22N6O3. The first-order chi connectivity index (χ1) is 15.0. The highest BCUT2D eigenvalue weighted by molar-refractivity contribution is 6.38. The molecule has 4 rings (SSSR count). The number of carbonyl (C=O) groups excluding carboxylic acids is 2. The predicted molar refractivity (Wildman–Crippen MR) is 119 cm³/mol. The van der Waals surface area contributed by atoms with Crippen molar-refractivity contribution in [3.8, 4) is 5.75 Å². The maximum Gasteiger partial charge on any atom is 0.287 e. The zero-order chi connectivity index (χ0) is 21.8. The molecule has 4 N–H and O–H groups in total. The smallest absolute Gasteiger partial charge is 0.287 e. The second kappa shape index (κ2) is 8.70. The maximum atomic E-state index is 12.9. The number of amidine groups is 1. The third-order valence-corrected chi connectivity index (χ3v) is 4.96. The van der Waals surface area contributed by atoms with Gasteiger partial charge in [-0.2, -0.15) is 0 Å². The molecule has 0 bridgehead atoms. The van der Waals surface area contributed by atoms with E-state index in [0.29, 0.717) is 18.0 Å². The lowest BCUT2D eigenvalue weighted by Crippen LogP contribution is -2.52. The van der Waals surface area contributed by atoms with Gasteiger partial charge < -0.3 is 25.7 Å². The van der Waals surface area contributed by atoms with Crippen LogP contribution in [0, 0.1) is 0 Å². The van der Waals surface area contributed by atoms with Gasteiger partial charge in [-0.1, -0.05) is 30.3 Å². The Labute approximate surface area is 178 Å². The van der Waals surface area contributed by atoms with Gasteiger partial charge in [-0.3, -0.25) is 14.6 Å². The quantitative estimate of drug-likeness (QED) is 0.439. The molecule has 2 heterocycles. The number of benzene rings is 2. The fourth-order valence-electron chi connectivity index (χ4n) is 3.27. The van der Waals surface area contributed by atoms with Crippen LogP contribution in [0.25, 0.3) is 10.9 Å². The van der Waals surface area contributed by atoms with Gasteiger partial charge in [0.05, 0.1) is 12.2 Å². The molecular weight excluding hydrogens is 396 g/mol. The summed E-state index contributed by atoms with van der Waals surface area (Å²) in [5, 5.41) is 3.54. The van der Waals surface area contributed by atoms with Gasteiger partial charge in [0, 0.05) is 30.2 Å². The maximum absolute atomic E-state index is 12.9. The summed E-state index contributed by atoms with van der Waals surface area (Å²) in [4.78, 5) is 37.8. The van der Waals surface area contributed by atoms with Crippen LogP contribution in [0.2, 0.25) is 0 Å². The molecule has 0 saturated heterocycles. The van der Waals surface area contributed by atoms with E-state index in [4.69, 9.17) is 10.5 Å². The molecule has 0 aliphatic carbocycles. The van der Waals surface area contributed by atoms with Crippen molar-refractivity contribution in [2.75, 3.05) is 18.6 Å². The number of nitrogens with zero attached hydrogens (tertiary/aromatic N) is 3. The summed E-state index contributed by atoms with van der Waals surface area (Å²) in [5.41, 5.74) is 8.28. The van der Waals surface area contributed by atoms with Gasteiger partial charge in [0.1, 0.15) is 24.7 Å². The minimum atomic E-state index is -0.904. The van der Waals surface area contributed by atoms with Crippen molar-refractivity contribution in [3.05, 3.63) is 60.3 Å². The summed E-state index contributed by atoms with van der Waals surface area (Å²) >= 11 is 0. The molecule has 0 fully saturated rings. The lowest BCUT2D eigenvalue weighted by molar-refractivity contribution is -0.124. The monoisotopic (exact) mass is 418 g/mol. The second-order valence-corrected chi connectivity index (χ2v) is 7.08. The fraction of sp³-hybridized carbons (Fsp3) is 0.182. The van der Waals surface area contributed by atoms with Gasteiger partial charge in [-0.15, -0.1) is 0 Å². The summed E-state index contributed by atoms with van der Waals surface area (Å²) in [7, 11) is 1.64. The number of hydrogen-bond acceptors (Lipinski definition) is 4. The number of nitrogens with one attached hydrogen (secondary N) is 2. The lowest BCUT2D eigenvalue weighted by Gasteiger charge is -2.20. The van der Waals surface area contributed by atoms with E-state index in [1.54, 1.807) is 7.05 Å². The molecule has 9 heteroatoms. The van der Waals surface area contributed by atoms with E-state index in [9.17, 15) is 9.59 Å².